The summed E-state index contributed by atoms with van der Waals surface area (Å²) in [5.74, 6) is -0.0784. The van der Waals surface area contributed by atoms with Crippen LogP contribution in [0.3, 0.4) is 0 Å². The second-order valence-electron chi connectivity index (χ2n) is 9.54. The zero-order valence-electron chi connectivity index (χ0n) is 20.9. The lowest BCUT2D eigenvalue weighted by molar-refractivity contribution is -0.120. The van der Waals surface area contributed by atoms with Gasteiger partial charge in [0, 0.05) is 48.2 Å². The van der Waals surface area contributed by atoms with E-state index in [4.69, 9.17) is 11.6 Å². The Morgan fingerprint density at radius 2 is 1.67 bits per heavy atom. The summed E-state index contributed by atoms with van der Waals surface area (Å²) in [5.41, 5.74) is 3.81. The van der Waals surface area contributed by atoms with Gasteiger partial charge in [-0.25, -0.2) is 4.98 Å². The summed E-state index contributed by atoms with van der Waals surface area (Å²) >= 11 is 6.17. The first-order valence-electron chi connectivity index (χ1n) is 12.6. The number of carbonyl (C=O) groups excluding carboxylic acids is 3. The van der Waals surface area contributed by atoms with Gasteiger partial charge >= 0.3 is 0 Å². The van der Waals surface area contributed by atoms with Crippen molar-refractivity contribution >= 4 is 40.8 Å². The van der Waals surface area contributed by atoms with Crippen molar-refractivity contribution in [2.45, 2.75) is 25.4 Å². The first-order valence-corrected chi connectivity index (χ1v) is 13.0. The number of carbonyl (C=O) groups is 3. The number of anilines is 2. The second kappa shape index (κ2) is 10.3. The Labute approximate surface area is 230 Å². The summed E-state index contributed by atoms with van der Waals surface area (Å²) in [4.78, 5) is 52.5. The number of hydrogen-bond acceptors (Lipinski definition) is 5. The van der Waals surface area contributed by atoms with E-state index in [1.807, 2.05) is 42.5 Å². The maximum absolute atomic E-state index is 13.8. The first-order chi connectivity index (χ1) is 19.0. The van der Waals surface area contributed by atoms with Gasteiger partial charge in [0.2, 0.25) is 5.91 Å². The minimum Gasteiger partial charge on any atom is -0.323 e. The third-order valence-electron chi connectivity index (χ3n) is 7.07. The highest BCUT2D eigenvalue weighted by atomic mass is 35.5. The average molecular weight is 538 g/mol. The van der Waals surface area contributed by atoms with Gasteiger partial charge in [-0.05, 0) is 66.1 Å². The molecule has 9 heteroatoms. The van der Waals surface area contributed by atoms with Crippen molar-refractivity contribution in [2.24, 2.45) is 0 Å². The van der Waals surface area contributed by atoms with Gasteiger partial charge in [-0.3, -0.25) is 24.3 Å². The number of pyridine rings is 2. The van der Waals surface area contributed by atoms with Crippen molar-refractivity contribution in [3.8, 4) is 0 Å². The minimum absolute atomic E-state index is 0.106. The van der Waals surface area contributed by atoms with Crippen LogP contribution in [0.5, 0.6) is 0 Å². The highest BCUT2D eigenvalue weighted by Gasteiger charge is 2.36. The van der Waals surface area contributed by atoms with E-state index in [0.29, 0.717) is 46.3 Å². The van der Waals surface area contributed by atoms with Gasteiger partial charge in [0.1, 0.15) is 11.9 Å². The van der Waals surface area contributed by atoms with Crippen LogP contribution in [0.1, 0.15) is 37.5 Å². The maximum atomic E-state index is 13.8. The van der Waals surface area contributed by atoms with Gasteiger partial charge in [0.15, 0.2) is 0 Å². The summed E-state index contributed by atoms with van der Waals surface area (Å²) in [5, 5.41) is 3.31. The molecule has 4 aromatic rings. The Hall–Kier alpha value is -4.56. The zero-order chi connectivity index (χ0) is 26.9. The summed E-state index contributed by atoms with van der Waals surface area (Å²) in [6.45, 7) is 0.699. The third-order valence-corrected chi connectivity index (χ3v) is 7.30. The number of amides is 3. The van der Waals surface area contributed by atoms with Crippen molar-refractivity contribution in [1.29, 1.82) is 0 Å². The van der Waals surface area contributed by atoms with Crippen molar-refractivity contribution in [2.75, 3.05) is 16.8 Å². The molecule has 0 aliphatic carbocycles. The first kappa shape index (κ1) is 24.8. The van der Waals surface area contributed by atoms with Gasteiger partial charge in [-0.1, -0.05) is 35.9 Å². The molecule has 8 nitrogen and oxygen atoms in total. The highest BCUT2D eigenvalue weighted by Crippen LogP contribution is 2.30. The fourth-order valence-electron chi connectivity index (χ4n) is 5.13. The lowest BCUT2D eigenvalue weighted by Crippen LogP contribution is -2.46. The van der Waals surface area contributed by atoms with E-state index in [2.05, 4.69) is 15.3 Å². The molecule has 39 heavy (non-hydrogen) atoms. The molecule has 0 fully saturated rings. The van der Waals surface area contributed by atoms with E-state index in [1.165, 1.54) is 0 Å². The number of nitrogens with one attached hydrogen (secondary N) is 1. The second-order valence-corrected chi connectivity index (χ2v) is 9.98. The SMILES string of the molecule is O=C1Nc2cc(Cl)ccc2C(=O)N(Cc2ccc3c(c2)CCN(c2ccccn2)C3=O)C1Cc1ccccn1. The monoisotopic (exact) mass is 537 g/mol. The quantitative estimate of drug-likeness (QED) is 0.403. The number of hydrogen-bond donors (Lipinski definition) is 1. The molecule has 6 rings (SSSR count). The Balaban J connectivity index is 1.33. The summed E-state index contributed by atoms with van der Waals surface area (Å²) in [6.07, 6.45) is 4.24. The molecule has 2 aromatic heterocycles. The van der Waals surface area contributed by atoms with Crippen LogP contribution in [0.25, 0.3) is 0 Å². The zero-order valence-corrected chi connectivity index (χ0v) is 21.6. The standard InChI is InChI=1S/C30H24ClN5O3/c31-21-8-10-24-25(16-21)34-28(37)26(17-22-5-1-3-12-32-22)36(30(24)39)18-19-7-9-23-20(15-19)11-14-35(29(23)38)27-6-2-4-13-33-27/h1-10,12-13,15-16,26H,11,14,17-18H2,(H,34,37). The van der Waals surface area contributed by atoms with E-state index in [1.54, 1.807) is 52.5 Å². The summed E-state index contributed by atoms with van der Waals surface area (Å²) in [6, 6.07) is 20.7. The smallest absolute Gasteiger partial charge is 0.259 e. The molecule has 1 N–H and O–H groups in total. The van der Waals surface area contributed by atoms with Gasteiger partial charge in [-0.15, -0.1) is 0 Å². The lowest BCUT2D eigenvalue weighted by Gasteiger charge is -2.30. The van der Waals surface area contributed by atoms with Crippen LogP contribution in [-0.2, 0) is 24.2 Å². The normalized spacial score (nSPS) is 16.8. The van der Waals surface area contributed by atoms with E-state index >= 15 is 0 Å². The summed E-state index contributed by atoms with van der Waals surface area (Å²) in [7, 11) is 0. The predicted molar refractivity (Wildman–Crippen MR) is 148 cm³/mol. The number of halogens is 1. The molecule has 0 spiro atoms. The number of fused-ring (bicyclic) bond motifs is 2. The Bertz CT molecular complexity index is 1580. The van der Waals surface area contributed by atoms with Gasteiger partial charge in [0.25, 0.3) is 11.8 Å². The molecule has 0 saturated carbocycles. The van der Waals surface area contributed by atoms with Crippen LogP contribution in [0.2, 0.25) is 5.02 Å². The molecular weight excluding hydrogens is 514 g/mol. The van der Waals surface area contributed by atoms with Crippen LogP contribution < -0.4 is 10.2 Å². The molecule has 0 bridgehead atoms. The maximum Gasteiger partial charge on any atom is 0.259 e. The fourth-order valence-corrected chi connectivity index (χ4v) is 5.30. The number of rotatable bonds is 5. The molecule has 0 saturated heterocycles. The number of nitrogens with zero attached hydrogens (tertiary/aromatic N) is 4. The van der Waals surface area contributed by atoms with E-state index in [-0.39, 0.29) is 30.7 Å². The molecular formula is C30H24ClN5O3. The molecule has 194 valence electrons. The molecule has 0 radical (unpaired) electrons. The van der Waals surface area contributed by atoms with Crippen molar-refractivity contribution in [1.82, 2.24) is 14.9 Å². The Morgan fingerprint density at radius 1 is 0.872 bits per heavy atom. The lowest BCUT2D eigenvalue weighted by atomic mass is 9.96. The molecule has 2 aromatic carbocycles. The van der Waals surface area contributed by atoms with Gasteiger partial charge in [-0.2, -0.15) is 0 Å². The topological polar surface area (TPSA) is 95.5 Å². The predicted octanol–water partition coefficient (Wildman–Crippen LogP) is 4.54. The fraction of sp³-hybridized carbons (Fsp3) is 0.167. The molecule has 1 atom stereocenters. The number of aromatic nitrogens is 2. The third kappa shape index (κ3) is 4.86. The van der Waals surface area contributed by atoms with Crippen LogP contribution in [0.15, 0.2) is 85.2 Å². The Kier molecular flexibility index (Phi) is 6.54. The van der Waals surface area contributed by atoms with Crippen LogP contribution in [0.4, 0.5) is 11.5 Å². The number of benzene rings is 2. The van der Waals surface area contributed by atoms with Crippen molar-refractivity contribution in [3.63, 3.8) is 0 Å². The Morgan fingerprint density at radius 3 is 2.44 bits per heavy atom. The van der Waals surface area contributed by atoms with Crippen LogP contribution in [0, 0.1) is 0 Å². The van der Waals surface area contributed by atoms with Crippen LogP contribution in [-0.4, -0.2) is 45.2 Å². The molecule has 1 unspecified atom stereocenters. The summed E-state index contributed by atoms with van der Waals surface area (Å²) < 4.78 is 0. The minimum atomic E-state index is -0.795. The van der Waals surface area contributed by atoms with E-state index in [9.17, 15) is 14.4 Å². The van der Waals surface area contributed by atoms with Crippen molar-refractivity contribution < 1.29 is 14.4 Å². The highest BCUT2D eigenvalue weighted by molar-refractivity contribution is 6.31. The van der Waals surface area contributed by atoms with E-state index in [0.717, 1.165) is 11.1 Å². The molecule has 2 aliphatic rings. The van der Waals surface area contributed by atoms with Gasteiger partial charge in [0.05, 0.1) is 11.3 Å². The van der Waals surface area contributed by atoms with Crippen molar-refractivity contribution in [3.05, 3.63) is 118 Å². The van der Waals surface area contributed by atoms with E-state index < -0.39 is 6.04 Å². The molecule has 3 amide bonds. The van der Waals surface area contributed by atoms with Gasteiger partial charge < -0.3 is 10.2 Å². The molecule has 2 aliphatic heterocycles. The average Bonchev–Trinajstić information content (AvgIpc) is 3.04. The largest absolute Gasteiger partial charge is 0.323 e. The van der Waals surface area contributed by atoms with Crippen LogP contribution >= 0.6 is 11.6 Å². The molecule has 4 heterocycles.